The Balaban J connectivity index is 0.000000240. The van der Waals surface area contributed by atoms with Gasteiger partial charge in [-0.3, -0.25) is 27.9 Å². The predicted molar refractivity (Wildman–Crippen MR) is 116 cm³/mol. The number of fused-ring (bicyclic) bond motifs is 2. The molecule has 0 aromatic carbocycles. The minimum Gasteiger partial charge on any atom is -0.548 e. The fourth-order valence-electron chi connectivity index (χ4n) is 3.30. The number of imidazole rings is 2. The van der Waals surface area contributed by atoms with Crippen LogP contribution in [0.1, 0.15) is 0 Å². The number of aliphatic carboxylic acids is 2. The zero-order chi connectivity index (χ0) is 25.5. The van der Waals surface area contributed by atoms with Crippen molar-refractivity contribution in [1.29, 1.82) is 0 Å². The maximum atomic E-state index is 11.8. The van der Waals surface area contributed by atoms with Gasteiger partial charge < -0.3 is 28.9 Å². The van der Waals surface area contributed by atoms with Crippen LogP contribution in [0.2, 0.25) is 0 Å². The van der Waals surface area contributed by atoms with Gasteiger partial charge >= 0.3 is 34.4 Å². The third-order valence-corrected chi connectivity index (χ3v) is 4.97. The number of nitrogens with zero attached hydrogens (tertiary/aromatic N) is 8. The van der Waals surface area contributed by atoms with Crippen LogP contribution in [-0.2, 0) is 50.9 Å². The van der Waals surface area contributed by atoms with E-state index in [9.17, 15) is 39.0 Å². The third-order valence-electron chi connectivity index (χ3n) is 4.97. The molecule has 4 heterocycles. The summed E-state index contributed by atoms with van der Waals surface area (Å²) >= 11 is 0. The first-order valence-corrected chi connectivity index (χ1v) is 9.48. The molecule has 4 aromatic rings. The Kier molecular flexibility index (Phi) is 7.86. The Bertz CT molecular complexity index is 1570. The van der Waals surface area contributed by atoms with E-state index in [1.54, 1.807) is 14.1 Å². The van der Waals surface area contributed by atoms with E-state index in [0.29, 0.717) is 0 Å². The van der Waals surface area contributed by atoms with Gasteiger partial charge in [-0.1, -0.05) is 0 Å². The molecule has 0 aliphatic carbocycles. The van der Waals surface area contributed by atoms with Crippen molar-refractivity contribution in [2.45, 2.75) is 13.1 Å². The molecular weight excluding hydrogens is 481 g/mol. The number of rotatable bonds is 4. The molecule has 0 aliphatic heterocycles. The number of hydrogen-bond donors (Lipinski definition) is 0. The maximum Gasteiger partial charge on any atom is 2.00 e. The predicted octanol–water partition coefficient (Wildman–Crippen LogP) is -6.01. The Labute approximate surface area is 210 Å². The molecule has 0 amide bonds. The summed E-state index contributed by atoms with van der Waals surface area (Å²) in [5.41, 5.74) is -2.05. The summed E-state index contributed by atoms with van der Waals surface area (Å²) in [6.45, 7) is -1.28. The van der Waals surface area contributed by atoms with Gasteiger partial charge in [0.05, 0.1) is 37.7 Å². The second-order valence-electron chi connectivity index (χ2n) is 7.27. The van der Waals surface area contributed by atoms with E-state index >= 15 is 0 Å². The van der Waals surface area contributed by atoms with Crippen molar-refractivity contribution in [3.05, 3.63) is 54.3 Å². The average Bonchev–Trinajstić information content (AvgIpc) is 3.34. The number of aryl methyl sites for hydroxylation is 2. The molecular formula is C18H18MgN8O8. The van der Waals surface area contributed by atoms with Crippen LogP contribution >= 0.6 is 0 Å². The Morgan fingerprint density at radius 2 is 1.03 bits per heavy atom. The molecule has 17 heteroatoms. The summed E-state index contributed by atoms with van der Waals surface area (Å²) in [5, 5.41) is 21.1. The van der Waals surface area contributed by atoms with Crippen molar-refractivity contribution in [2.75, 3.05) is 0 Å². The first kappa shape index (κ1) is 27.3. The molecule has 0 spiro atoms. The molecule has 0 saturated heterocycles. The molecule has 16 nitrogen and oxygen atoms in total. The van der Waals surface area contributed by atoms with Gasteiger partial charge in [0.15, 0.2) is 22.3 Å². The topological polar surface area (TPSA) is 204 Å². The summed E-state index contributed by atoms with van der Waals surface area (Å²) < 4.78 is 6.34. The minimum atomic E-state index is -1.42. The largest absolute Gasteiger partial charge is 2.00 e. The second kappa shape index (κ2) is 10.1. The molecule has 35 heavy (non-hydrogen) atoms. The first-order chi connectivity index (χ1) is 15.9. The van der Waals surface area contributed by atoms with Crippen LogP contribution < -0.4 is 32.7 Å². The molecule has 0 radical (unpaired) electrons. The van der Waals surface area contributed by atoms with E-state index < -0.39 is 47.5 Å². The number of carbonyl (C=O) groups excluding carboxylic acids is 2. The van der Waals surface area contributed by atoms with Crippen LogP contribution in [0.15, 0.2) is 31.8 Å². The van der Waals surface area contributed by atoms with Crippen molar-refractivity contribution in [2.24, 2.45) is 28.2 Å². The number of aromatic nitrogens is 8. The molecule has 180 valence electrons. The van der Waals surface area contributed by atoms with Crippen molar-refractivity contribution < 1.29 is 19.8 Å². The standard InChI is InChI=1S/2C9H10N4O4.Mg/c2*1-11-4-10-7-6(11)8(16)12(2)9(17)13(7)3-5(14)15;/h2*4H,3H2,1-2H3,(H,14,15);/q;;+2/p-2. The summed E-state index contributed by atoms with van der Waals surface area (Å²) in [7, 11) is 5.74. The Morgan fingerprint density at radius 1 is 0.714 bits per heavy atom. The summed E-state index contributed by atoms with van der Waals surface area (Å²) in [6, 6.07) is 0. The van der Waals surface area contributed by atoms with Gasteiger partial charge in [0.25, 0.3) is 11.1 Å². The quantitative estimate of drug-likeness (QED) is 0.243. The average molecular weight is 499 g/mol. The molecule has 0 aliphatic rings. The third kappa shape index (κ3) is 4.80. The first-order valence-electron chi connectivity index (χ1n) is 9.48. The van der Waals surface area contributed by atoms with E-state index in [1.165, 1.54) is 35.9 Å². The summed E-state index contributed by atoms with van der Waals surface area (Å²) in [4.78, 5) is 75.9. The Morgan fingerprint density at radius 3 is 1.31 bits per heavy atom. The van der Waals surface area contributed by atoms with Gasteiger partial charge in [-0.05, 0) is 0 Å². The van der Waals surface area contributed by atoms with Crippen LogP contribution in [0.25, 0.3) is 22.3 Å². The summed E-state index contributed by atoms with van der Waals surface area (Å²) in [5.74, 6) is -2.84. The number of hydrogen-bond acceptors (Lipinski definition) is 10. The van der Waals surface area contributed by atoms with Gasteiger partial charge in [-0.25, -0.2) is 19.6 Å². The fourth-order valence-corrected chi connectivity index (χ4v) is 3.30. The van der Waals surface area contributed by atoms with Crippen molar-refractivity contribution in [3.8, 4) is 0 Å². The van der Waals surface area contributed by atoms with Gasteiger partial charge in [-0.15, -0.1) is 0 Å². The SMILES string of the molecule is Cn1c(=O)c2c(ncn2C)n(CC(=O)[O-])c1=O.Cn1c(=O)c2c(ncn2C)n(CC(=O)[O-])c1=O.[Mg+2]. The fraction of sp³-hybridized carbons (Fsp3) is 0.333. The molecule has 0 N–H and O–H groups in total. The summed E-state index contributed by atoms with van der Waals surface area (Å²) in [6.07, 6.45) is 2.69. The van der Waals surface area contributed by atoms with Crippen LogP contribution in [0.5, 0.6) is 0 Å². The van der Waals surface area contributed by atoms with E-state index in [2.05, 4.69) is 9.97 Å². The minimum absolute atomic E-state index is 0. The number of carboxylic acids is 2. The van der Waals surface area contributed by atoms with Crippen molar-refractivity contribution in [1.82, 2.24) is 37.4 Å². The van der Waals surface area contributed by atoms with Crippen LogP contribution in [0.4, 0.5) is 0 Å². The van der Waals surface area contributed by atoms with Crippen LogP contribution in [0, 0.1) is 0 Å². The van der Waals surface area contributed by atoms with Gasteiger partial charge in [0.2, 0.25) is 0 Å². The molecule has 0 bridgehead atoms. The number of carboxylic acid groups (broad SMARTS) is 2. The van der Waals surface area contributed by atoms with Gasteiger partial charge in [-0.2, -0.15) is 0 Å². The van der Waals surface area contributed by atoms with Crippen LogP contribution in [-0.4, -0.2) is 72.4 Å². The van der Waals surface area contributed by atoms with Crippen molar-refractivity contribution in [3.63, 3.8) is 0 Å². The van der Waals surface area contributed by atoms with E-state index in [4.69, 9.17) is 0 Å². The van der Waals surface area contributed by atoms with E-state index in [1.807, 2.05) is 0 Å². The smallest absolute Gasteiger partial charge is 0.548 e. The van der Waals surface area contributed by atoms with Crippen molar-refractivity contribution >= 4 is 57.3 Å². The normalized spacial score (nSPS) is 10.6. The molecule has 0 fully saturated rings. The Hall–Kier alpha value is -3.99. The monoisotopic (exact) mass is 498 g/mol. The second-order valence-corrected chi connectivity index (χ2v) is 7.27. The van der Waals surface area contributed by atoms with Gasteiger partial charge in [0.1, 0.15) is 0 Å². The van der Waals surface area contributed by atoms with Crippen LogP contribution in [0.3, 0.4) is 0 Å². The molecule has 0 saturated carbocycles. The zero-order valence-corrected chi connectivity index (χ0v) is 20.5. The molecule has 0 atom stereocenters. The molecule has 0 unspecified atom stereocenters. The zero-order valence-electron chi connectivity index (χ0n) is 19.1. The van der Waals surface area contributed by atoms with E-state index in [-0.39, 0.29) is 45.4 Å². The molecule has 4 rings (SSSR count). The maximum absolute atomic E-state index is 11.8. The van der Waals surface area contributed by atoms with Gasteiger partial charge in [0, 0.05) is 28.2 Å². The number of carbonyl (C=O) groups is 2. The molecule has 4 aromatic heterocycles. The van der Waals surface area contributed by atoms with E-state index in [0.717, 1.165) is 18.3 Å².